The highest BCUT2D eigenvalue weighted by Gasteiger charge is 2.25. The van der Waals surface area contributed by atoms with E-state index in [0.29, 0.717) is 58.5 Å². The Labute approximate surface area is 207 Å². The number of hydrogen-bond acceptors (Lipinski definition) is 6. The number of carbonyl (C=O) groups is 3. The highest BCUT2D eigenvalue weighted by molar-refractivity contribution is 5.87. The molecule has 4 amide bonds. The first-order valence-corrected chi connectivity index (χ1v) is 12.2. The quantitative estimate of drug-likeness (QED) is 0.388. The Kier molecular flexibility index (Phi) is 12.4. The molecule has 10 nitrogen and oxygen atoms in total. The van der Waals surface area contributed by atoms with Crippen molar-refractivity contribution in [3.63, 3.8) is 0 Å². The van der Waals surface area contributed by atoms with Crippen molar-refractivity contribution >= 4 is 18.0 Å². The monoisotopic (exact) mass is 487 g/mol. The van der Waals surface area contributed by atoms with Crippen LogP contribution in [0.15, 0.2) is 30.3 Å². The number of rotatable bonds is 12. The molecule has 1 unspecified atom stereocenters. The maximum Gasteiger partial charge on any atom is 0.408 e. The molecule has 1 aromatic carbocycles. The fourth-order valence-corrected chi connectivity index (χ4v) is 3.59. The highest BCUT2D eigenvalue weighted by atomic mass is 16.5. The summed E-state index contributed by atoms with van der Waals surface area (Å²) in [5, 5.41) is 17.6. The molecule has 1 fully saturated rings. The third-order valence-corrected chi connectivity index (χ3v) is 5.50. The highest BCUT2D eigenvalue weighted by Crippen LogP contribution is 2.08. The van der Waals surface area contributed by atoms with Crippen LogP contribution in [0.25, 0.3) is 0 Å². The Morgan fingerprint density at radius 3 is 2.49 bits per heavy atom. The molecule has 10 heteroatoms. The number of ether oxygens (including phenoxy) is 2. The standard InChI is InChI=1S/C25H37N5O5/c1-19(2)16-22(29-24(32)30-12-14-34-15-13-30)23(31)27-11-7-6-10-21(17-26)28-25(33)35-18-20-8-4-3-5-9-20/h3-5,8-9,19,21-22H,6-7,10-16,18H2,1-2H3,(H,27,31)(H,28,33)(H,29,32)/t21?,22-/m0/s1. The van der Waals surface area contributed by atoms with Crippen molar-refractivity contribution in [2.75, 3.05) is 32.8 Å². The third-order valence-electron chi connectivity index (χ3n) is 5.50. The van der Waals surface area contributed by atoms with E-state index in [1.807, 2.05) is 44.2 Å². The van der Waals surface area contributed by atoms with Crippen molar-refractivity contribution < 1.29 is 23.9 Å². The van der Waals surface area contributed by atoms with Gasteiger partial charge < -0.3 is 30.3 Å². The van der Waals surface area contributed by atoms with Gasteiger partial charge in [0.05, 0.1) is 19.3 Å². The molecule has 1 aliphatic heterocycles. The van der Waals surface area contributed by atoms with Crippen LogP contribution in [0, 0.1) is 17.2 Å². The molecule has 192 valence electrons. The number of hydrogen-bond donors (Lipinski definition) is 3. The zero-order valence-electron chi connectivity index (χ0n) is 20.6. The first-order chi connectivity index (χ1) is 16.9. The van der Waals surface area contributed by atoms with Gasteiger partial charge in [0, 0.05) is 19.6 Å². The van der Waals surface area contributed by atoms with Crippen LogP contribution < -0.4 is 16.0 Å². The second-order valence-electron chi connectivity index (χ2n) is 8.91. The molecular formula is C25H37N5O5. The molecule has 1 heterocycles. The van der Waals surface area contributed by atoms with Crippen LogP contribution in [0.5, 0.6) is 0 Å². The molecular weight excluding hydrogens is 450 g/mol. The molecule has 2 rings (SSSR count). The number of nitriles is 1. The summed E-state index contributed by atoms with van der Waals surface area (Å²) in [5.41, 5.74) is 0.865. The molecule has 2 atom stereocenters. The van der Waals surface area contributed by atoms with E-state index in [-0.39, 0.29) is 24.5 Å². The van der Waals surface area contributed by atoms with Crippen LogP contribution in [0.1, 0.15) is 45.1 Å². The largest absolute Gasteiger partial charge is 0.445 e. The number of unbranched alkanes of at least 4 members (excludes halogenated alkanes) is 1. The number of nitrogens with zero attached hydrogens (tertiary/aromatic N) is 2. The summed E-state index contributed by atoms with van der Waals surface area (Å²) in [6.45, 7) is 6.57. The number of urea groups is 1. The predicted octanol–water partition coefficient (Wildman–Crippen LogP) is 2.55. The first kappa shape index (κ1) is 27.9. The minimum Gasteiger partial charge on any atom is -0.445 e. The van der Waals surface area contributed by atoms with Gasteiger partial charge in [0.2, 0.25) is 5.91 Å². The zero-order valence-corrected chi connectivity index (χ0v) is 20.6. The van der Waals surface area contributed by atoms with Gasteiger partial charge in [-0.2, -0.15) is 5.26 Å². The molecule has 0 spiro atoms. The van der Waals surface area contributed by atoms with Gasteiger partial charge in [0.15, 0.2) is 0 Å². The lowest BCUT2D eigenvalue weighted by atomic mass is 10.0. The molecule has 0 radical (unpaired) electrons. The van der Waals surface area contributed by atoms with Gasteiger partial charge in [-0.1, -0.05) is 44.2 Å². The Bertz CT molecular complexity index is 836. The molecule has 1 saturated heterocycles. The lowest BCUT2D eigenvalue weighted by Crippen LogP contribution is -2.53. The number of alkyl carbamates (subject to hydrolysis) is 1. The molecule has 0 aromatic heterocycles. The number of nitrogens with one attached hydrogen (secondary N) is 3. The van der Waals surface area contributed by atoms with Crippen molar-refractivity contribution in [3.05, 3.63) is 35.9 Å². The van der Waals surface area contributed by atoms with Crippen molar-refractivity contribution in [2.24, 2.45) is 5.92 Å². The normalized spacial score (nSPS) is 15.0. The van der Waals surface area contributed by atoms with Gasteiger partial charge >= 0.3 is 12.1 Å². The van der Waals surface area contributed by atoms with E-state index in [1.54, 1.807) is 4.90 Å². The Morgan fingerprint density at radius 2 is 1.83 bits per heavy atom. The van der Waals surface area contributed by atoms with Crippen LogP contribution in [0.3, 0.4) is 0 Å². The molecule has 0 saturated carbocycles. The van der Waals surface area contributed by atoms with E-state index in [4.69, 9.17) is 9.47 Å². The Balaban J connectivity index is 1.67. The Hall–Kier alpha value is -3.32. The van der Waals surface area contributed by atoms with E-state index < -0.39 is 18.2 Å². The number of benzene rings is 1. The molecule has 3 N–H and O–H groups in total. The van der Waals surface area contributed by atoms with Crippen molar-refractivity contribution in [2.45, 2.75) is 58.2 Å². The fourth-order valence-electron chi connectivity index (χ4n) is 3.59. The average Bonchev–Trinajstić information content (AvgIpc) is 2.86. The molecule has 1 aliphatic rings. The van der Waals surface area contributed by atoms with E-state index >= 15 is 0 Å². The topological polar surface area (TPSA) is 133 Å². The van der Waals surface area contributed by atoms with Gasteiger partial charge in [-0.3, -0.25) is 4.79 Å². The summed E-state index contributed by atoms with van der Waals surface area (Å²) < 4.78 is 10.4. The molecule has 0 aliphatic carbocycles. The number of carbonyl (C=O) groups excluding carboxylic acids is 3. The van der Waals surface area contributed by atoms with Crippen LogP contribution in [0.4, 0.5) is 9.59 Å². The van der Waals surface area contributed by atoms with Crippen LogP contribution >= 0.6 is 0 Å². The smallest absolute Gasteiger partial charge is 0.408 e. The average molecular weight is 488 g/mol. The van der Waals surface area contributed by atoms with E-state index in [2.05, 4.69) is 22.0 Å². The lowest BCUT2D eigenvalue weighted by molar-refractivity contribution is -0.123. The summed E-state index contributed by atoms with van der Waals surface area (Å²) in [4.78, 5) is 38.8. The lowest BCUT2D eigenvalue weighted by Gasteiger charge is -2.29. The van der Waals surface area contributed by atoms with Crippen molar-refractivity contribution in [1.82, 2.24) is 20.9 Å². The van der Waals surface area contributed by atoms with Gasteiger partial charge in [-0.25, -0.2) is 9.59 Å². The van der Waals surface area contributed by atoms with Crippen LogP contribution in [-0.2, 0) is 20.9 Å². The van der Waals surface area contributed by atoms with Gasteiger partial charge in [0.1, 0.15) is 18.7 Å². The maximum absolute atomic E-state index is 12.7. The first-order valence-electron chi connectivity index (χ1n) is 12.2. The van der Waals surface area contributed by atoms with Gasteiger partial charge in [0.25, 0.3) is 0 Å². The van der Waals surface area contributed by atoms with E-state index in [0.717, 1.165) is 5.56 Å². The predicted molar refractivity (Wildman–Crippen MR) is 130 cm³/mol. The summed E-state index contributed by atoms with van der Waals surface area (Å²) in [6, 6.07) is 9.82. The van der Waals surface area contributed by atoms with Crippen molar-refractivity contribution in [1.29, 1.82) is 5.26 Å². The third kappa shape index (κ3) is 11.1. The second kappa shape index (κ2) is 15.6. The summed E-state index contributed by atoms with van der Waals surface area (Å²) >= 11 is 0. The van der Waals surface area contributed by atoms with Gasteiger partial charge in [-0.05, 0) is 37.2 Å². The summed E-state index contributed by atoms with van der Waals surface area (Å²) in [7, 11) is 0. The van der Waals surface area contributed by atoms with Crippen LogP contribution in [-0.4, -0.2) is 67.9 Å². The zero-order chi connectivity index (χ0) is 25.5. The van der Waals surface area contributed by atoms with Gasteiger partial charge in [-0.15, -0.1) is 0 Å². The molecule has 35 heavy (non-hydrogen) atoms. The molecule has 1 aromatic rings. The SMILES string of the molecule is CC(C)C[C@H](NC(=O)N1CCOCC1)C(=O)NCCCCC(C#N)NC(=O)OCc1ccccc1. The summed E-state index contributed by atoms with van der Waals surface area (Å²) in [5.74, 6) is 0.0135. The summed E-state index contributed by atoms with van der Waals surface area (Å²) in [6.07, 6.45) is 1.60. The Morgan fingerprint density at radius 1 is 1.11 bits per heavy atom. The number of amides is 4. The minimum absolute atomic E-state index is 0.135. The van der Waals surface area contributed by atoms with E-state index in [1.165, 1.54) is 0 Å². The van der Waals surface area contributed by atoms with Crippen molar-refractivity contribution in [3.8, 4) is 6.07 Å². The van der Waals surface area contributed by atoms with E-state index in [9.17, 15) is 19.6 Å². The molecule has 0 bridgehead atoms. The van der Waals surface area contributed by atoms with Crippen LogP contribution in [0.2, 0.25) is 0 Å². The number of morpholine rings is 1. The maximum atomic E-state index is 12.7. The minimum atomic E-state index is -0.671. The second-order valence-corrected chi connectivity index (χ2v) is 8.91. The fraction of sp³-hybridized carbons (Fsp3) is 0.600.